The largest absolute Gasteiger partial charge is 0.488 e. The van der Waals surface area contributed by atoms with Crippen LogP contribution in [0.3, 0.4) is 0 Å². The molecule has 4 rings (SSSR count). The summed E-state index contributed by atoms with van der Waals surface area (Å²) in [6.45, 7) is 17.0. The van der Waals surface area contributed by atoms with Crippen LogP contribution in [-0.4, -0.2) is 13.1 Å². The Morgan fingerprint density at radius 2 is 1.56 bits per heavy atom. The quantitative estimate of drug-likeness (QED) is 0.223. The second-order valence-electron chi connectivity index (χ2n) is 12.4. The van der Waals surface area contributed by atoms with Crippen LogP contribution in [-0.2, 0) is 17.2 Å². The van der Waals surface area contributed by atoms with Crippen LogP contribution in [0.15, 0.2) is 66.7 Å². The van der Waals surface area contributed by atoms with E-state index in [2.05, 4.69) is 113 Å². The standard InChI is InChI=1S/C36H50NOP/c1-7-9-22-36(8-2,39-33-21-15-14-20-32(33)37-23-16-11-17-24-37)31-26-30(35(4,5)6)25-28(3)34(31)38-27-29-18-12-10-13-19-29/h10,12-15,18-21,25-26,39H,7-9,11,16-17,22-24,27H2,1-6H3. The van der Waals surface area contributed by atoms with Gasteiger partial charge in [-0.15, -0.1) is 0 Å². The third kappa shape index (κ3) is 7.26. The Bertz CT molecular complexity index is 1190. The fraction of sp³-hybridized carbons (Fsp3) is 0.500. The van der Waals surface area contributed by atoms with Crippen molar-refractivity contribution in [3.63, 3.8) is 0 Å². The molecule has 2 unspecified atom stereocenters. The van der Waals surface area contributed by atoms with E-state index in [0.717, 1.165) is 12.2 Å². The van der Waals surface area contributed by atoms with E-state index >= 15 is 0 Å². The van der Waals surface area contributed by atoms with Gasteiger partial charge in [0.2, 0.25) is 0 Å². The molecule has 1 aliphatic heterocycles. The molecule has 210 valence electrons. The van der Waals surface area contributed by atoms with Gasteiger partial charge < -0.3 is 9.64 Å². The van der Waals surface area contributed by atoms with Gasteiger partial charge in [-0.2, -0.15) is 0 Å². The SMILES string of the molecule is CCCCC(CC)(Pc1ccccc1N1CCCCC1)c1cc(C(C)(C)C)cc(C)c1OCc1ccccc1. The number of unbranched alkanes of at least 4 members (excludes halogenated alkanes) is 1. The van der Waals surface area contributed by atoms with Gasteiger partial charge >= 0.3 is 0 Å². The lowest BCUT2D eigenvalue weighted by molar-refractivity contribution is 0.295. The highest BCUT2D eigenvalue weighted by molar-refractivity contribution is 7.49. The predicted molar refractivity (Wildman–Crippen MR) is 173 cm³/mol. The van der Waals surface area contributed by atoms with E-state index in [1.165, 1.54) is 84.9 Å². The minimum atomic E-state index is 0.0416. The van der Waals surface area contributed by atoms with Crippen LogP contribution in [0.1, 0.15) is 102 Å². The number of aryl methyl sites for hydroxylation is 1. The molecule has 0 aromatic heterocycles. The lowest BCUT2D eigenvalue weighted by Gasteiger charge is -2.39. The zero-order valence-electron chi connectivity index (χ0n) is 25.3. The van der Waals surface area contributed by atoms with Crippen molar-refractivity contribution >= 4 is 19.6 Å². The highest BCUT2D eigenvalue weighted by atomic mass is 31.1. The number of para-hydroxylation sites is 1. The molecule has 3 aromatic rings. The van der Waals surface area contributed by atoms with Gasteiger partial charge in [0.15, 0.2) is 0 Å². The Morgan fingerprint density at radius 1 is 0.872 bits per heavy atom. The summed E-state index contributed by atoms with van der Waals surface area (Å²) in [5, 5.41) is 1.56. The average Bonchev–Trinajstić information content (AvgIpc) is 2.95. The molecule has 0 aliphatic carbocycles. The van der Waals surface area contributed by atoms with E-state index in [4.69, 9.17) is 4.74 Å². The number of rotatable bonds is 11. The number of ether oxygens (including phenoxy) is 1. The third-order valence-electron chi connectivity index (χ3n) is 8.42. The molecular formula is C36H50NOP. The molecule has 2 nitrogen and oxygen atoms in total. The Kier molecular flexibility index (Phi) is 10.2. The predicted octanol–water partition coefficient (Wildman–Crippen LogP) is 9.66. The first-order valence-electron chi connectivity index (χ1n) is 15.2. The molecule has 3 aromatic carbocycles. The number of hydrogen-bond donors (Lipinski definition) is 0. The van der Waals surface area contributed by atoms with Crippen molar-refractivity contribution in [1.82, 2.24) is 0 Å². The number of benzene rings is 3. The number of hydrogen-bond acceptors (Lipinski definition) is 2. The van der Waals surface area contributed by atoms with E-state index in [0.29, 0.717) is 15.2 Å². The summed E-state index contributed by atoms with van der Waals surface area (Å²) in [5.41, 5.74) is 6.85. The van der Waals surface area contributed by atoms with Crippen LogP contribution in [0.4, 0.5) is 5.69 Å². The first-order chi connectivity index (χ1) is 18.8. The maximum absolute atomic E-state index is 6.79. The van der Waals surface area contributed by atoms with E-state index in [9.17, 15) is 0 Å². The molecule has 0 N–H and O–H groups in total. The van der Waals surface area contributed by atoms with Gasteiger partial charge in [0.25, 0.3) is 0 Å². The fourth-order valence-corrected chi connectivity index (χ4v) is 7.79. The number of anilines is 1. The van der Waals surface area contributed by atoms with Gasteiger partial charge in [-0.05, 0) is 72.5 Å². The second-order valence-corrected chi connectivity index (χ2v) is 14.2. The first kappa shape index (κ1) is 29.7. The monoisotopic (exact) mass is 543 g/mol. The Balaban J connectivity index is 1.83. The van der Waals surface area contributed by atoms with Crippen LogP contribution in [0.5, 0.6) is 5.75 Å². The highest BCUT2D eigenvalue weighted by Crippen LogP contribution is 2.53. The Hall–Kier alpha value is -2.31. The summed E-state index contributed by atoms with van der Waals surface area (Å²) in [7, 11) is 0.698. The summed E-state index contributed by atoms with van der Waals surface area (Å²) < 4.78 is 6.79. The molecule has 2 atom stereocenters. The van der Waals surface area contributed by atoms with Gasteiger partial charge in [-0.1, -0.05) is 117 Å². The normalized spacial score (nSPS) is 16.0. The molecule has 3 heteroatoms. The lowest BCUT2D eigenvalue weighted by Crippen LogP contribution is -2.33. The highest BCUT2D eigenvalue weighted by Gasteiger charge is 2.36. The fourth-order valence-electron chi connectivity index (χ4n) is 5.93. The molecule has 1 aliphatic rings. The van der Waals surface area contributed by atoms with Crippen molar-refractivity contribution < 1.29 is 4.74 Å². The topological polar surface area (TPSA) is 12.5 Å². The second kappa shape index (κ2) is 13.4. The van der Waals surface area contributed by atoms with Crippen LogP contribution in [0.2, 0.25) is 0 Å². The summed E-state index contributed by atoms with van der Waals surface area (Å²) in [4.78, 5) is 2.65. The molecule has 0 spiro atoms. The minimum Gasteiger partial charge on any atom is -0.488 e. The van der Waals surface area contributed by atoms with Crippen LogP contribution < -0.4 is 14.9 Å². The summed E-state index contributed by atoms with van der Waals surface area (Å²) >= 11 is 0. The van der Waals surface area contributed by atoms with Crippen molar-refractivity contribution in [3.05, 3.63) is 89.0 Å². The zero-order chi connectivity index (χ0) is 27.9. The Morgan fingerprint density at radius 3 is 2.23 bits per heavy atom. The average molecular weight is 544 g/mol. The van der Waals surface area contributed by atoms with Gasteiger partial charge in [-0.25, -0.2) is 0 Å². The molecule has 0 saturated carbocycles. The van der Waals surface area contributed by atoms with Crippen molar-refractivity contribution in [2.45, 2.75) is 104 Å². The van der Waals surface area contributed by atoms with Crippen molar-refractivity contribution in [2.24, 2.45) is 0 Å². The number of nitrogens with zero attached hydrogens (tertiary/aromatic N) is 1. The third-order valence-corrected chi connectivity index (χ3v) is 10.5. The maximum atomic E-state index is 6.79. The Labute approximate surface area is 240 Å². The van der Waals surface area contributed by atoms with Crippen LogP contribution in [0.25, 0.3) is 0 Å². The van der Waals surface area contributed by atoms with E-state index in [1.54, 1.807) is 0 Å². The molecule has 1 saturated heterocycles. The van der Waals surface area contributed by atoms with E-state index < -0.39 is 0 Å². The van der Waals surface area contributed by atoms with Gasteiger partial charge in [0, 0.05) is 29.5 Å². The minimum absolute atomic E-state index is 0.0416. The van der Waals surface area contributed by atoms with Crippen molar-refractivity contribution in [2.75, 3.05) is 18.0 Å². The summed E-state index contributed by atoms with van der Waals surface area (Å²) in [5.74, 6) is 1.10. The van der Waals surface area contributed by atoms with Gasteiger partial charge in [-0.3, -0.25) is 0 Å². The molecule has 1 heterocycles. The maximum Gasteiger partial charge on any atom is 0.126 e. The molecule has 0 amide bonds. The summed E-state index contributed by atoms with van der Waals surface area (Å²) in [6.07, 6.45) is 8.68. The van der Waals surface area contributed by atoms with Crippen molar-refractivity contribution in [1.29, 1.82) is 0 Å². The molecular weight excluding hydrogens is 493 g/mol. The molecule has 39 heavy (non-hydrogen) atoms. The molecule has 0 bridgehead atoms. The van der Waals surface area contributed by atoms with E-state index in [-0.39, 0.29) is 10.6 Å². The van der Waals surface area contributed by atoms with E-state index in [1.807, 2.05) is 0 Å². The number of piperidine rings is 1. The van der Waals surface area contributed by atoms with Crippen LogP contribution in [0, 0.1) is 6.92 Å². The zero-order valence-corrected chi connectivity index (χ0v) is 26.3. The van der Waals surface area contributed by atoms with Gasteiger partial charge in [0.1, 0.15) is 12.4 Å². The van der Waals surface area contributed by atoms with Crippen molar-refractivity contribution in [3.8, 4) is 5.75 Å². The van der Waals surface area contributed by atoms with Crippen LogP contribution >= 0.6 is 8.58 Å². The lowest BCUT2D eigenvalue weighted by atomic mass is 9.80. The summed E-state index contributed by atoms with van der Waals surface area (Å²) in [6, 6.07) is 24.8. The molecule has 0 radical (unpaired) electrons. The molecule has 1 fully saturated rings. The smallest absolute Gasteiger partial charge is 0.126 e. The first-order valence-corrected chi connectivity index (χ1v) is 16.2. The van der Waals surface area contributed by atoms with Gasteiger partial charge in [0.05, 0.1) is 0 Å².